The molecule has 1 heterocycles. The zero-order valence-electron chi connectivity index (χ0n) is 16.7. The number of hydrogen-bond acceptors (Lipinski definition) is 3. The lowest BCUT2D eigenvalue weighted by Gasteiger charge is -2.30. The molecule has 0 N–H and O–H groups in total. The third-order valence-electron chi connectivity index (χ3n) is 4.92. The highest BCUT2D eigenvalue weighted by Gasteiger charge is 2.35. The van der Waals surface area contributed by atoms with Crippen LogP contribution in [0, 0.1) is 18.7 Å². The molecule has 1 aromatic carbocycles. The Bertz CT molecular complexity index is 825. The number of amides is 2. The first kappa shape index (κ1) is 20.1. The number of furan rings is 1. The van der Waals surface area contributed by atoms with Gasteiger partial charge in [0.25, 0.3) is 0 Å². The first-order valence-electron chi connectivity index (χ1n) is 9.71. The number of carbonyl (C=O) groups is 2. The third-order valence-corrected chi connectivity index (χ3v) is 4.92. The molecule has 0 aliphatic heterocycles. The lowest BCUT2D eigenvalue weighted by atomic mass is 10.2. The van der Waals surface area contributed by atoms with Crippen LogP contribution in [0.2, 0.25) is 0 Å². The van der Waals surface area contributed by atoms with Crippen LogP contribution in [0.3, 0.4) is 0 Å². The topological polar surface area (TPSA) is 53.8 Å². The van der Waals surface area contributed by atoms with Gasteiger partial charge < -0.3 is 14.2 Å². The van der Waals surface area contributed by atoms with E-state index in [2.05, 4.69) is 0 Å². The summed E-state index contributed by atoms with van der Waals surface area (Å²) in [6.45, 7) is 6.36. The Kier molecular flexibility index (Phi) is 6.17. The molecule has 150 valence electrons. The average molecular weight is 386 g/mol. The fourth-order valence-electron chi connectivity index (χ4n) is 3.13. The number of hydrogen-bond donors (Lipinski definition) is 0. The van der Waals surface area contributed by atoms with Crippen molar-refractivity contribution in [3.63, 3.8) is 0 Å². The van der Waals surface area contributed by atoms with Crippen molar-refractivity contribution in [1.29, 1.82) is 0 Å². The Morgan fingerprint density at radius 3 is 2.32 bits per heavy atom. The van der Waals surface area contributed by atoms with E-state index in [1.54, 1.807) is 21.9 Å². The summed E-state index contributed by atoms with van der Waals surface area (Å²) < 4.78 is 18.9. The van der Waals surface area contributed by atoms with E-state index in [1.807, 2.05) is 32.9 Å². The van der Waals surface area contributed by atoms with Gasteiger partial charge in [-0.2, -0.15) is 0 Å². The summed E-state index contributed by atoms with van der Waals surface area (Å²) >= 11 is 0. The van der Waals surface area contributed by atoms with Gasteiger partial charge in [-0.05, 0) is 63.4 Å². The van der Waals surface area contributed by atoms with Gasteiger partial charge in [0.05, 0.1) is 6.54 Å². The number of aryl methyl sites for hydroxylation is 1. The fraction of sp³-hybridized carbons (Fsp3) is 0.455. The Hall–Kier alpha value is -2.63. The van der Waals surface area contributed by atoms with Crippen molar-refractivity contribution in [3.05, 3.63) is 59.3 Å². The molecule has 0 saturated heterocycles. The van der Waals surface area contributed by atoms with Crippen LogP contribution in [0.15, 0.2) is 40.8 Å². The first-order chi connectivity index (χ1) is 13.3. The normalized spacial score (nSPS) is 13.6. The van der Waals surface area contributed by atoms with Gasteiger partial charge in [-0.15, -0.1) is 0 Å². The predicted molar refractivity (Wildman–Crippen MR) is 104 cm³/mol. The number of rotatable bonds is 8. The van der Waals surface area contributed by atoms with Crippen LogP contribution < -0.4 is 0 Å². The second-order valence-corrected chi connectivity index (χ2v) is 7.72. The van der Waals surface area contributed by atoms with Crippen molar-refractivity contribution >= 4 is 11.8 Å². The SMILES string of the molecule is Cc1ccc(CN(Cc2ccc(F)cc2)C(=O)CN(C(=O)C2CC2)C(C)C)o1. The molecule has 1 aromatic heterocycles. The maximum absolute atomic E-state index is 13.2. The maximum Gasteiger partial charge on any atom is 0.242 e. The molecular formula is C22H27FN2O3. The van der Waals surface area contributed by atoms with E-state index >= 15 is 0 Å². The monoisotopic (exact) mass is 386 g/mol. The van der Waals surface area contributed by atoms with Gasteiger partial charge in [-0.25, -0.2) is 4.39 Å². The summed E-state index contributed by atoms with van der Waals surface area (Å²) in [6.07, 6.45) is 1.81. The molecule has 0 bridgehead atoms. The van der Waals surface area contributed by atoms with Crippen molar-refractivity contribution in [3.8, 4) is 0 Å². The van der Waals surface area contributed by atoms with E-state index in [-0.39, 0.29) is 36.1 Å². The van der Waals surface area contributed by atoms with Crippen LogP contribution in [-0.2, 0) is 22.7 Å². The first-order valence-corrected chi connectivity index (χ1v) is 9.71. The Morgan fingerprint density at radius 2 is 1.79 bits per heavy atom. The van der Waals surface area contributed by atoms with Crippen LogP contribution in [0.4, 0.5) is 4.39 Å². The number of carbonyl (C=O) groups excluding carboxylic acids is 2. The van der Waals surface area contributed by atoms with E-state index in [1.165, 1.54) is 12.1 Å². The summed E-state index contributed by atoms with van der Waals surface area (Å²) in [6, 6.07) is 9.74. The third kappa shape index (κ3) is 5.21. The second kappa shape index (κ2) is 8.59. The summed E-state index contributed by atoms with van der Waals surface area (Å²) in [7, 11) is 0. The molecule has 1 saturated carbocycles. The maximum atomic E-state index is 13.2. The largest absolute Gasteiger partial charge is 0.464 e. The highest BCUT2D eigenvalue weighted by molar-refractivity contribution is 5.87. The number of halogens is 1. The number of benzene rings is 1. The van der Waals surface area contributed by atoms with Crippen LogP contribution >= 0.6 is 0 Å². The Labute approximate surface area is 165 Å². The van der Waals surface area contributed by atoms with Gasteiger partial charge >= 0.3 is 0 Å². The number of nitrogens with zero attached hydrogens (tertiary/aromatic N) is 2. The molecule has 2 amide bonds. The second-order valence-electron chi connectivity index (χ2n) is 7.72. The van der Waals surface area contributed by atoms with E-state index < -0.39 is 0 Å². The average Bonchev–Trinajstić information content (AvgIpc) is 3.42. The molecular weight excluding hydrogens is 359 g/mol. The minimum Gasteiger partial charge on any atom is -0.464 e. The quantitative estimate of drug-likeness (QED) is 0.691. The van der Waals surface area contributed by atoms with Crippen molar-refractivity contribution < 1.29 is 18.4 Å². The molecule has 2 aromatic rings. The molecule has 3 rings (SSSR count). The minimum atomic E-state index is -0.315. The standard InChI is InChI=1S/C22H27FN2O3/c1-15(2)25(22(27)18-7-8-18)14-21(26)24(13-20-11-4-16(3)28-20)12-17-5-9-19(23)10-6-17/h4-6,9-11,15,18H,7-8,12-14H2,1-3H3. The molecule has 0 unspecified atom stereocenters. The van der Waals surface area contributed by atoms with E-state index in [0.717, 1.165) is 24.2 Å². The highest BCUT2D eigenvalue weighted by Crippen LogP contribution is 2.31. The molecule has 1 fully saturated rings. The molecule has 1 aliphatic carbocycles. The summed E-state index contributed by atoms with van der Waals surface area (Å²) in [5.41, 5.74) is 0.822. The molecule has 0 atom stereocenters. The lowest BCUT2D eigenvalue weighted by Crippen LogP contribution is -2.46. The molecule has 5 nitrogen and oxygen atoms in total. The van der Waals surface area contributed by atoms with Crippen LogP contribution in [0.1, 0.15) is 43.8 Å². The smallest absolute Gasteiger partial charge is 0.242 e. The molecule has 0 spiro atoms. The minimum absolute atomic E-state index is 0.0356. The Balaban J connectivity index is 1.76. The molecule has 1 aliphatic rings. The van der Waals surface area contributed by atoms with E-state index in [0.29, 0.717) is 18.8 Å². The zero-order chi connectivity index (χ0) is 20.3. The lowest BCUT2D eigenvalue weighted by molar-refractivity contribution is -0.143. The zero-order valence-corrected chi connectivity index (χ0v) is 16.7. The van der Waals surface area contributed by atoms with E-state index in [4.69, 9.17) is 4.42 Å². The van der Waals surface area contributed by atoms with Gasteiger partial charge in [0.1, 0.15) is 23.9 Å². The van der Waals surface area contributed by atoms with Gasteiger partial charge in [0, 0.05) is 18.5 Å². The predicted octanol–water partition coefficient (Wildman–Crippen LogP) is 3.90. The fourth-order valence-corrected chi connectivity index (χ4v) is 3.13. The molecule has 6 heteroatoms. The van der Waals surface area contributed by atoms with Crippen molar-refractivity contribution in [2.75, 3.05) is 6.54 Å². The summed E-state index contributed by atoms with van der Waals surface area (Å²) in [5.74, 6) is 1.10. The van der Waals surface area contributed by atoms with Crippen molar-refractivity contribution in [1.82, 2.24) is 9.80 Å². The van der Waals surface area contributed by atoms with Crippen LogP contribution in [0.5, 0.6) is 0 Å². The molecule has 0 radical (unpaired) electrons. The van der Waals surface area contributed by atoms with E-state index in [9.17, 15) is 14.0 Å². The highest BCUT2D eigenvalue weighted by atomic mass is 19.1. The van der Waals surface area contributed by atoms with Crippen molar-refractivity contribution in [2.45, 2.75) is 52.7 Å². The van der Waals surface area contributed by atoms with Crippen molar-refractivity contribution in [2.24, 2.45) is 5.92 Å². The molecule has 28 heavy (non-hydrogen) atoms. The van der Waals surface area contributed by atoms with Gasteiger partial charge in [-0.3, -0.25) is 9.59 Å². The van der Waals surface area contributed by atoms with Crippen LogP contribution in [-0.4, -0.2) is 34.2 Å². The summed E-state index contributed by atoms with van der Waals surface area (Å²) in [5, 5.41) is 0. The Morgan fingerprint density at radius 1 is 1.11 bits per heavy atom. The summed E-state index contributed by atoms with van der Waals surface area (Å²) in [4.78, 5) is 29.0. The van der Waals surface area contributed by atoms with Gasteiger partial charge in [0.2, 0.25) is 11.8 Å². The van der Waals surface area contributed by atoms with Crippen LogP contribution in [0.25, 0.3) is 0 Å². The van der Waals surface area contributed by atoms with Gasteiger partial charge in [-0.1, -0.05) is 12.1 Å². The van der Waals surface area contributed by atoms with Gasteiger partial charge in [0.15, 0.2) is 0 Å².